The number of carbonyl (C=O) groups excluding carboxylic acids is 1. The number of rotatable bonds is 6. The molecule has 1 aromatic carbocycles. The first-order valence-electron chi connectivity index (χ1n) is 8.22. The summed E-state index contributed by atoms with van der Waals surface area (Å²) in [6, 6.07) is 7.35. The molecule has 1 aromatic heterocycles. The monoisotopic (exact) mass is 348 g/mol. The van der Waals surface area contributed by atoms with Crippen LogP contribution in [0.25, 0.3) is 0 Å². The maximum atomic E-state index is 12.8. The van der Waals surface area contributed by atoms with E-state index in [2.05, 4.69) is 4.90 Å². The van der Waals surface area contributed by atoms with Crippen LogP contribution in [0.15, 0.2) is 47.3 Å². The third kappa shape index (κ3) is 4.80. The van der Waals surface area contributed by atoms with E-state index in [4.69, 9.17) is 9.15 Å². The number of aliphatic hydroxyl groups excluding tert-OH is 1. The van der Waals surface area contributed by atoms with Crippen molar-refractivity contribution in [3.05, 3.63) is 54.2 Å². The molecule has 1 atom stereocenters. The molecule has 1 N–H and O–H groups in total. The smallest absolute Gasteiger partial charge is 0.257 e. The Labute approximate surface area is 145 Å². The minimum Gasteiger partial charge on any atom is -0.491 e. The molecule has 3 rings (SSSR count). The summed E-state index contributed by atoms with van der Waals surface area (Å²) in [6.07, 6.45) is 2.29. The highest BCUT2D eigenvalue weighted by Gasteiger charge is 2.24. The Morgan fingerprint density at radius 3 is 2.56 bits per heavy atom. The molecule has 6 nitrogen and oxygen atoms in total. The molecule has 1 aliphatic rings. The van der Waals surface area contributed by atoms with Gasteiger partial charge in [-0.05, 0) is 30.3 Å². The number of furan rings is 1. The zero-order chi connectivity index (χ0) is 17.6. The third-order valence-electron chi connectivity index (χ3n) is 4.15. The lowest BCUT2D eigenvalue weighted by molar-refractivity contribution is 0.0403. The molecule has 1 saturated heterocycles. The zero-order valence-electron chi connectivity index (χ0n) is 13.8. The highest BCUT2D eigenvalue weighted by Crippen LogP contribution is 2.12. The minimum absolute atomic E-state index is 0.0337. The van der Waals surface area contributed by atoms with E-state index in [9.17, 15) is 14.3 Å². The number of aliphatic hydroxyl groups is 1. The van der Waals surface area contributed by atoms with E-state index in [-0.39, 0.29) is 18.3 Å². The molecule has 1 unspecified atom stereocenters. The van der Waals surface area contributed by atoms with Gasteiger partial charge in [-0.15, -0.1) is 0 Å². The van der Waals surface area contributed by atoms with Gasteiger partial charge < -0.3 is 19.2 Å². The summed E-state index contributed by atoms with van der Waals surface area (Å²) in [5.41, 5.74) is 0.557. The van der Waals surface area contributed by atoms with Crippen molar-refractivity contribution < 1.29 is 23.4 Å². The van der Waals surface area contributed by atoms with Crippen molar-refractivity contribution in [1.29, 1.82) is 0 Å². The maximum Gasteiger partial charge on any atom is 0.257 e. The van der Waals surface area contributed by atoms with Gasteiger partial charge in [0.2, 0.25) is 0 Å². The van der Waals surface area contributed by atoms with E-state index < -0.39 is 6.10 Å². The van der Waals surface area contributed by atoms with Crippen LogP contribution in [0.1, 0.15) is 10.4 Å². The lowest BCUT2D eigenvalue weighted by Gasteiger charge is -2.35. The fourth-order valence-electron chi connectivity index (χ4n) is 2.78. The van der Waals surface area contributed by atoms with E-state index in [1.54, 1.807) is 11.0 Å². The lowest BCUT2D eigenvalue weighted by atomic mass is 10.2. The number of β-amino-alcohol motifs (C(OH)–C–C–N with tert-alkyl or cyclic N) is 1. The highest BCUT2D eigenvalue weighted by molar-refractivity contribution is 5.93. The highest BCUT2D eigenvalue weighted by atomic mass is 19.1. The molecule has 1 amide bonds. The fraction of sp³-hybridized carbons (Fsp3) is 0.389. The SMILES string of the molecule is O=C(c1ccoc1)N1CCN(CC(O)COc2ccc(F)cc2)CC1. The van der Waals surface area contributed by atoms with Gasteiger partial charge in [0, 0.05) is 32.7 Å². The molecule has 0 saturated carbocycles. The summed E-state index contributed by atoms with van der Waals surface area (Å²) in [5, 5.41) is 10.1. The van der Waals surface area contributed by atoms with Crippen molar-refractivity contribution >= 4 is 5.91 Å². The Bertz CT molecular complexity index is 667. The van der Waals surface area contributed by atoms with Crippen LogP contribution in [-0.4, -0.2) is 66.2 Å². The van der Waals surface area contributed by atoms with Gasteiger partial charge in [0.15, 0.2) is 0 Å². The second kappa shape index (κ2) is 8.13. The largest absolute Gasteiger partial charge is 0.491 e. The van der Waals surface area contributed by atoms with Gasteiger partial charge in [0.05, 0.1) is 11.8 Å². The third-order valence-corrected chi connectivity index (χ3v) is 4.15. The van der Waals surface area contributed by atoms with Crippen LogP contribution in [0.4, 0.5) is 4.39 Å². The van der Waals surface area contributed by atoms with E-state index in [0.717, 1.165) is 0 Å². The second-order valence-electron chi connectivity index (χ2n) is 6.02. The van der Waals surface area contributed by atoms with Crippen molar-refractivity contribution in [2.75, 3.05) is 39.3 Å². The summed E-state index contributed by atoms with van der Waals surface area (Å²) in [5.74, 6) is 0.167. The van der Waals surface area contributed by atoms with Gasteiger partial charge >= 0.3 is 0 Å². The van der Waals surface area contributed by atoms with Crippen LogP contribution in [0.5, 0.6) is 5.75 Å². The van der Waals surface area contributed by atoms with Crippen LogP contribution in [-0.2, 0) is 0 Å². The number of carbonyl (C=O) groups is 1. The van der Waals surface area contributed by atoms with E-state index in [1.807, 2.05) is 0 Å². The van der Waals surface area contributed by atoms with Crippen LogP contribution in [0, 0.1) is 5.82 Å². The van der Waals surface area contributed by atoms with Crippen LogP contribution in [0.3, 0.4) is 0 Å². The predicted molar refractivity (Wildman–Crippen MR) is 89.0 cm³/mol. The number of hydrogen-bond donors (Lipinski definition) is 1. The zero-order valence-corrected chi connectivity index (χ0v) is 13.8. The van der Waals surface area contributed by atoms with Crippen molar-refractivity contribution in [2.45, 2.75) is 6.10 Å². The quantitative estimate of drug-likeness (QED) is 0.859. The van der Waals surface area contributed by atoms with Gasteiger partial charge in [-0.2, -0.15) is 0 Å². The van der Waals surface area contributed by atoms with Crippen LogP contribution >= 0.6 is 0 Å². The molecule has 7 heteroatoms. The summed E-state index contributed by atoms with van der Waals surface area (Å²) in [6.45, 7) is 3.20. The number of hydrogen-bond acceptors (Lipinski definition) is 5. The van der Waals surface area contributed by atoms with Crippen molar-refractivity contribution in [3.63, 3.8) is 0 Å². The molecular weight excluding hydrogens is 327 g/mol. The fourth-order valence-corrected chi connectivity index (χ4v) is 2.78. The van der Waals surface area contributed by atoms with Gasteiger partial charge in [0.25, 0.3) is 5.91 Å². The van der Waals surface area contributed by atoms with Crippen LogP contribution in [0.2, 0.25) is 0 Å². The summed E-state index contributed by atoms with van der Waals surface area (Å²) in [7, 11) is 0. The van der Waals surface area contributed by atoms with E-state index in [1.165, 1.54) is 36.8 Å². The normalized spacial score (nSPS) is 16.6. The Balaban J connectivity index is 1.39. The van der Waals surface area contributed by atoms with Gasteiger partial charge in [-0.25, -0.2) is 4.39 Å². The molecule has 0 radical (unpaired) electrons. The van der Waals surface area contributed by atoms with Crippen molar-refractivity contribution in [1.82, 2.24) is 9.80 Å². The Kier molecular flexibility index (Phi) is 5.67. The number of benzene rings is 1. The Morgan fingerprint density at radius 2 is 1.92 bits per heavy atom. The average Bonchev–Trinajstić information content (AvgIpc) is 3.16. The molecule has 2 aromatic rings. The van der Waals surface area contributed by atoms with Gasteiger partial charge in [-0.3, -0.25) is 9.69 Å². The standard InChI is InChI=1S/C18H21FN2O4/c19-15-1-3-17(4-2-15)25-13-16(22)11-20-6-8-21(9-7-20)18(23)14-5-10-24-12-14/h1-5,10,12,16,22H,6-9,11,13H2. The van der Waals surface area contributed by atoms with Crippen molar-refractivity contribution in [2.24, 2.45) is 0 Å². The molecule has 134 valence electrons. The lowest BCUT2D eigenvalue weighted by Crippen LogP contribution is -2.50. The number of piperazine rings is 1. The van der Waals surface area contributed by atoms with E-state index >= 15 is 0 Å². The van der Waals surface area contributed by atoms with E-state index in [0.29, 0.717) is 44.0 Å². The minimum atomic E-state index is -0.652. The Morgan fingerprint density at radius 1 is 1.20 bits per heavy atom. The first-order valence-corrected chi connectivity index (χ1v) is 8.22. The first kappa shape index (κ1) is 17.4. The molecule has 1 aliphatic heterocycles. The number of amides is 1. The number of ether oxygens (including phenoxy) is 1. The maximum absolute atomic E-state index is 12.8. The molecular formula is C18H21FN2O4. The summed E-state index contributed by atoms with van der Waals surface area (Å²) < 4.78 is 23.2. The molecule has 2 heterocycles. The first-order chi connectivity index (χ1) is 12.1. The number of nitrogens with zero attached hydrogens (tertiary/aromatic N) is 2. The molecule has 25 heavy (non-hydrogen) atoms. The Hall–Kier alpha value is -2.38. The topological polar surface area (TPSA) is 66.2 Å². The molecule has 0 aliphatic carbocycles. The van der Waals surface area contributed by atoms with Crippen molar-refractivity contribution in [3.8, 4) is 5.75 Å². The summed E-state index contributed by atoms with van der Waals surface area (Å²) in [4.78, 5) is 16.1. The number of halogens is 1. The average molecular weight is 348 g/mol. The predicted octanol–water partition coefficient (Wildman–Crippen LogP) is 1.62. The molecule has 0 spiro atoms. The molecule has 1 fully saturated rings. The van der Waals surface area contributed by atoms with Gasteiger partial charge in [0.1, 0.15) is 30.5 Å². The van der Waals surface area contributed by atoms with Gasteiger partial charge in [-0.1, -0.05) is 0 Å². The van der Waals surface area contributed by atoms with Crippen LogP contribution < -0.4 is 4.74 Å². The second-order valence-corrected chi connectivity index (χ2v) is 6.02. The summed E-state index contributed by atoms with van der Waals surface area (Å²) >= 11 is 0. The molecule has 0 bridgehead atoms.